The van der Waals surface area contributed by atoms with Gasteiger partial charge >= 0.3 is 0 Å². The first-order valence-corrected chi connectivity index (χ1v) is 7.61. The summed E-state index contributed by atoms with van der Waals surface area (Å²) in [6, 6.07) is 13.5. The molecule has 20 heavy (non-hydrogen) atoms. The molecule has 0 saturated heterocycles. The van der Waals surface area contributed by atoms with Crippen LogP contribution in [0.4, 0.5) is 11.4 Å². The number of nitrogens with two attached hydrogens (primary N) is 2. The molecule has 0 unspecified atom stereocenters. The van der Waals surface area contributed by atoms with Gasteiger partial charge < -0.3 is 11.1 Å². The van der Waals surface area contributed by atoms with Crippen LogP contribution in [0, 0.1) is 0 Å². The molecule has 0 amide bonds. The normalized spacial score (nSPS) is 11.1. The molecule has 0 fully saturated rings. The van der Waals surface area contributed by atoms with Gasteiger partial charge in [0, 0.05) is 16.9 Å². The van der Waals surface area contributed by atoms with Crippen LogP contribution in [-0.4, -0.2) is 13.4 Å². The molecule has 0 radical (unpaired) electrons. The van der Waals surface area contributed by atoms with Gasteiger partial charge in [0.1, 0.15) is 4.99 Å². The predicted molar refractivity (Wildman–Crippen MR) is 83.4 cm³/mol. The molecule has 2 aromatic carbocycles. The molecule has 0 aliphatic carbocycles. The van der Waals surface area contributed by atoms with Gasteiger partial charge in [-0.1, -0.05) is 12.2 Å². The van der Waals surface area contributed by atoms with Crippen LogP contribution >= 0.6 is 12.2 Å². The van der Waals surface area contributed by atoms with Crippen molar-refractivity contribution in [2.75, 3.05) is 5.32 Å². The molecule has 0 saturated carbocycles. The fraction of sp³-hybridized carbons (Fsp3) is 0. The number of benzene rings is 2. The zero-order valence-corrected chi connectivity index (χ0v) is 12.0. The molecule has 0 heterocycles. The average Bonchev–Trinajstić information content (AvgIpc) is 2.39. The van der Waals surface area contributed by atoms with Crippen molar-refractivity contribution < 1.29 is 8.42 Å². The van der Waals surface area contributed by atoms with E-state index in [9.17, 15) is 8.42 Å². The number of primary sulfonamides is 1. The maximum absolute atomic E-state index is 11.1. The van der Waals surface area contributed by atoms with Crippen LogP contribution in [-0.2, 0) is 10.0 Å². The first-order valence-electron chi connectivity index (χ1n) is 5.66. The van der Waals surface area contributed by atoms with Crippen LogP contribution < -0.4 is 16.2 Å². The first kappa shape index (κ1) is 14.4. The number of hydrogen-bond donors (Lipinski definition) is 3. The third-order valence-corrected chi connectivity index (χ3v) is 3.81. The van der Waals surface area contributed by atoms with E-state index in [2.05, 4.69) is 5.32 Å². The van der Waals surface area contributed by atoms with Crippen LogP contribution in [0.5, 0.6) is 0 Å². The van der Waals surface area contributed by atoms with Crippen molar-refractivity contribution in [3.8, 4) is 0 Å². The van der Waals surface area contributed by atoms with Crippen molar-refractivity contribution in [1.29, 1.82) is 0 Å². The summed E-state index contributed by atoms with van der Waals surface area (Å²) in [6.07, 6.45) is 0. The number of anilines is 2. The third-order valence-electron chi connectivity index (χ3n) is 2.64. The first-order chi connectivity index (χ1) is 9.36. The van der Waals surface area contributed by atoms with Crippen LogP contribution in [0.1, 0.15) is 5.56 Å². The van der Waals surface area contributed by atoms with Crippen molar-refractivity contribution >= 4 is 38.6 Å². The van der Waals surface area contributed by atoms with Crippen LogP contribution in [0.2, 0.25) is 0 Å². The minimum Gasteiger partial charge on any atom is -0.389 e. The Balaban J connectivity index is 2.16. The second-order valence-electron chi connectivity index (χ2n) is 4.14. The average molecular weight is 307 g/mol. The Morgan fingerprint density at radius 3 is 1.80 bits per heavy atom. The highest BCUT2D eigenvalue weighted by atomic mass is 32.2. The molecule has 0 aliphatic heterocycles. The highest BCUT2D eigenvalue weighted by Crippen LogP contribution is 2.18. The molecular weight excluding hydrogens is 294 g/mol. The molecule has 0 aliphatic rings. The summed E-state index contributed by atoms with van der Waals surface area (Å²) in [5.41, 5.74) is 7.89. The number of hydrogen-bond acceptors (Lipinski definition) is 4. The largest absolute Gasteiger partial charge is 0.389 e. The Hall–Kier alpha value is -1.96. The molecule has 5 N–H and O–H groups in total. The van der Waals surface area contributed by atoms with Gasteiger partial charge in [-0.25, -0.2) is 13.6 Å². The minimum atomic E-state index is -3.66. The second-order valence-corrected chi connectivity index (χ2v) is 6.14. The van der Waals surface area contributed by atoms with E-state index >= 15 is 0 Å². The smallest absolute Gasteiger partial charge is 0.238 e. The van der Waals surface area contributed by atoms with Crippen molar-refractivity contribution in [1.82, 2.24) is 0 Å². The molecule has 0 atom stereocenters. The van der Waals surface area contributed by atoms with Gasteiger partial charge in [0.25, 0.3) is 0 Å². The zero-order chi connectivity index (χ0) is 14.8. The maximum Gasteiger partial charge on any atom is 0.238 e. The van der Waals surface area contributed by atoms with E-state index in [0.717, 1.165) is 16.9 Å². The van der Waals surface area contributed by atoms with Gasteiger partial charge in [-0.3, -0.25) is 0 Å². The molecule has 5 nitrogen and oxygen atoms in total. The topological polar surface area (TPSA) is 98.2 Å². The third kappa shape index (κ3) is 3.53. The summed E-state index contributed by atoms with van der Waals surface area (Å²) >= 11 is 4.87. The number of sulfonamides is 1. The fourth-order valence-electron chi connectivity index (χ4n) is 1.61. The van der Waals surface area contributed by atoms with Gasteiger partial charge in [-0.15, -0.1) is 0 Å². The maximum atomic E-state index is 11.1. The van der Waals surface area contributed by atoms with Crippen molar-refractivity contribution in [2.45, 2.75) is 4.90 Å². The molecule has 0 bridgehead atoms. The zero-order valence-electron chi connectivity index (χ0n) is 10.4. The molecule has 0 spiro atoms. The summed E-state index contributed by atoms with van der Waals surface area (Å²) in [6.45, 7) is 0. The minimum absolute atomic E-state index is 0.0758. The second kappa shape index (κ2) is 5.58. The lowest BCUT2D eigenvalue weighted by Gasteiger charge is -2.08. The molecule has 2 rings (SSSR count). The van der Waals surface area contributed by atoms with E-state index in [1.807, 2.05) is 24.3 Å². The van der Waals surface area contributed by atoms with Crippen LogP contribution in [0.3, 0.4) is 0 Å². The number of thiocarbonyl (C=S) groups is 1. The van der Waals surface area contributed by atoms with Gasteiger partial charge in [0.15, 0.2) is 0 Å². The lowest BCUT2D eigenvalue weighted by atomic mass is 10.2. The van der Waals surface area contributed by atoms with Crippen molar-refractivity contribution in [3.05, 3.63) is 54.1 Å². The Bertz CT molecular complexity index is 723. The van der Waals surface area contributed by atoms with E-state index in [1.165, 1.54) is 12.1 Å². The van der Waals surface area contributed by atoms with E-state index < -0.39 is 10.0 Å². The molecule has 0 aromatic heterocycles. The SMILES string of the molecule is NC(=S)c1ccc(Nc2ccc(S(N)(=O)=O)cc2)cc1. The Kier molecular flexibility index (Phi) is 4.03. The highest BCUT2D eigenvalue weighted by Gasteiger charge is 2.06. The summed E-state index contributed by atoms with van der Waals surface area (Å²) < 4.78 is 22.3. The summed E-state index contributed by atoms with van der Waals surface area (Å²) in [5.74, 6) is 0. The van der Waals surface area contributed by atoms with Crippen molar-refractivity contribution in [3.63, 3.8) is 0 Å². The molecule has 104 valence electrons. The van der Waals surface area contributed by atoms with Gasteiger partial charge in [0.05, 0.1) is 4.90 Å². The van der Waals surface area contributed by atoms with Crippen LogP contribution in [0.15, 0.2) is 53.4 Å². The fourth-order valence-corrected chi connectivity index (χ4v) is 2.26. The number of nitrogens with one attached hydrogen (secondary N) is 1. The van der Waals surface area contributed by atoms with E-state index in [1.54, 1.807) is 12.1 Å². The lowest BCUT2D eigenvalue weighted by molar-refractivity contribution is 0.598. The van der Waals surface area contributed by atoms with Crippen molar-refractivity contribution in [2.24, 2.45) is 10.9 Å². The van der Waals surface area contributed by atoms with E-state index in [-0.39, 0.29) is 4.90 Å². The molecular formula is C13H13N3O2S2. The quantitative estimate of drug-likeness (QED) is 0.747. The molecule has 7 heteroatoms. The summed E-state index contributed by atoms with van der Waals surface area (Å²) in [4.78, 5) is 0.418. The predicted octanol–water partition coefficient (Wildman–Crippen LogP) is 1.71. The summed E-state index contributed by atoms with van der Waals surface area (Å²) in [5, 5.41) is 8.16. The van der Waals surface area contributed by atoms with Crippen LogP contribution in [0.25, 0.3) is 0 Å². The Morgan fingerprint density at radius 2 is 1.40 bits per heavy atom. The van der Waals surface area contributed by atoms with E-state index in [4.69, 9.17) is 23.1 Å². The summed E-state index contributed by atoms with van der Waals surface area (Å²) in [7, 11) is -3.66. The number of rotatable bonds is 4. The molecule has 2 aromatic rings. The van der Waals surface area contributed by atoms with Gasteiger partial charge in [0.2, 0.25) is 10.0 Å². The Morgan fingerprint density at radius 1 is 0.950 bits per heavy atom. The van der Waals surface area contributed by atoms with Gasteiger partial charge in [-0.05, 0) is 48.5 Å². The highest BCUT2D eigenvalue weighted by molar-refractivity contribution is 7.89. The van der Waals surface area contributed by atoms with Gasteiger partial charge in [-0.2, -0.15) is 0 Å². The standard InChI is InChI=1S/C13H13N3O2S2/c14-13(19)9-1-3-10(4-2-9)16-11-5-7-12(8-6-11)20(15,17)18/h1-8,16H,(H2,14,19)(H2,15,17,18). The van der Waals surface area contributed by atoms with E-state index in [0.29, 0.717) is 4.99 Å². The Labute approximate surface area is 122 Å². The monoisotopic (exact) mass is 307 g/mol. The lowest BCUT2D eigenvalue weighted by Crippen LogP contribution is -2.11.